The maximum Gasteiger partial charge on any atom is 0.399 e. The maximum absolute atomic E-state index is 11.2. The van der Waals surface area contributed by atoms with Gasteiger partial charge >= 0.3 is 18.6 Å². The summed E-state index contributed by atoms with van der Waals surface area (Å²) < 4.78 is 37.0. The van der Waals surface area contributed by atoms with Crippen LogP contribution in [0.2, 0.25) is 0 Å². The molecule has 0 aliphatic carbocycles. The van der Waals surface area contributed by atoms with Crippen LogP contribution in [0.15, 0.2) is 0 Å². The average Bonchev–Trinajstić information content (AvgIpc) is 1.59. The highest BCUT2D eigenvalue weighted by Gasteiger charge is 2.32. The number of esters is 1. The van der Waals surface area contributed by atoms with E-state index in [9.17, 15) is 22.8 Å². The van der Waals surface area contributed by atoms with Crippen molar-refractivity contribution >= 4 is 12.4 Å². The van der Waals surface area contributed by atoms with Gasteiger partial charge in [0.1, 0.15) is 6.42 Å². The number of carbonyl (C=O) groups is 2. The fourth-order valence-electron chi connectivity index (χ4n) is 0.259. The van der Waals surface area contributed by atoms with Gasteiger partial charge < -0.3 is 4.74 Å². The van der Waals surface area contributed by atoms with Gasteiger partial charge in [0, 0.05) is 0 Å². The van der Waals surface area contributed by atoms with E-state index in [-0.39, 0.29) is 6.47 Å². The molecule has 0 amide bonds. The Hall–Kier alpha value is -1.07. The highest BCUT2D eigenvalue weighted by atomic mass is 19.4. The third-order valence-electron chi connectivity index (χ3n) is 0.524. The summed E-state index contributed by atoms with van der Waals surface area (Å²) in [4.78, 5) is 19.2. The normalized spacial score (nSPS) is 10.7. The molecular formula is C4H3F3O3. The van der Waals surface area contributed by atoms with Crippen LogP contribution in [0, 0.1) is 0 Å². The summed E-state index contributed by atoms with van der Waals surface area (Å²) in [7, 11) is 0. The summed E-state index contributed by atoms with van der Waals surface area (Å²) >= 11 is 0. The Kier molecular flexibility index (Phi) is 2.85. The van der Waals surface area contributed by atoms with Crippen molar-refractivity contribution in [1.82, 2.24) is 0 Å². The molecule has 0 fully saturated rings. The van der Waals surface area contributed by atoms with Gasteiger partial charge in [0.2, 0.25) is 0 Å². The molecule has 0 aromatic rings. The molecule has 0 aliphatic rings. The molecule has 0 saturated heterocycles. The molecule has 0 radical (unpaired) electrons. The first kappa shape index (κ1) is 8.93. The van der Waals surface area contributed by atoms with Crippen molar-refractivity contribution in [3.05, 3.63) is 0 Å². The monoisotopic (exact) mass is 156 g/mol. The van der Waals surface area contributed by atoms with Crippen molar-refractivity contribution in [2.24, 2.45) is 0 Å². The van der Waals surface area contributed by atoms with E-state index in [0.29, 0.717) is 0 Å². The molecule has 0 atom stereocenters. The third kappa shape index (κ3) is 5.07. The second-order valence-electron chi connectivity index (χ2n) is 1.38. The van der Waals surface area contributed by atoms with E-state index >= 15 is 0 Å². The summed E-state index contributed by atoms with van der Waals surface area (Å²) in [5.74, 6) is -1.59. The molecule has 0 unspecified atom stereocenters. The van der Waals surface area contributed by atoms with Gasteiger partial charge in [-0.05, 0) is 0 Å². The summed E-state index contributed by atoms with van der Waals surface area (Å²) in [6, 6.07) is 0. The van der Waals surface area contributed by atoms with Crippen molar-refractivity contribution in [1.29, 1.82) is 0 Å². The lowest BCUT2D eigenvalue weighted by Crippen LogP contribution is -2.16. The first-order valence-electron chi connectivity index (χ1n) is 2.15. The van der Waals surface area contributed by atoms with Gasteiger partial charge in [-0.2, -0.15) is 13.2 Å². The van der Waals surface area contributed by atoms with E-state index < -0.39 is 18.6 Å². The van der Waals surface area contributed by atoms with E-state index in [0.717, 1.165) is 0 Å². The molecule has 0 heterocycles. The molecule has 0 saturated carbocycles. The number of hydrogen-bond donors (Lipinski definition) is 0. The van der Waals surface area contributed by atoms with Crippen molar-refractivity contribution < 1.29 is 27.5 Å². The standard InChI is InChI=1S/C4H3F3O3/c5-4(6,7)1-3(9)10-2-8/h2H,1H2. The molecule has 6 heteroatoms. The second kappa shape index (κ2) is 3.19. The van der Waals surface area contributed by atoms with Gasteiger partial charge in [-0.25, -0.2) is 0 Å². The number of halogens is 3. The van der Waals surface area contributed by atoms with Crippen LogP contribution in [0.25, 0.3) is 0 Å². The van der Waals surface area contributed by atoms with Crippen molar-refractivity contribution in [3.63, 3.8) is 0 Å². The lowest BCUT2D eigenvalue weighted by atomic mass is 10.4. The first-order chi connectivity index (χ1) is 4.45. The zero-order valence-electron chi connectivity index (χ0n) is 4.64. The average molecular weight is 156 g/mol. The lowest BCUT2D eigenvalue weighted by molar-refractivity contribution is -0.172. The summed E-state index contributed by atoms with van der Waals surface area (Å²) in [5.41, 5.74) is 0. The molecular weight excluding hydrogens is 153 g/mol. The Morgan fingerprint density at radius 3 is 2.30 bits per heavy atom. The van der Waals surface area contributed by atoms with Crippen molar-refractivity contribution in [2.75, 3.05) is 0 Å². The summed E-state index contributed by atoms with van der Waals surface area (Å²) in [6.07, 6.45) is -6.34. The van der Waals surface area contributed by atoms with Gasteiger partial charge in [-0.3, -0.25) is 9.59 Å². The van der Waals surface area contributed by atoms with Gasteiger partial charge in [0.05, 0.1) is 0 Å². The van der Waals surface area contributed by atoms with Crippen LogP contribution < -0.4 is 0 Å². The van der Waals surface area contributed by atoms with E-state index in [4.69, 9.17) is 0 Å². The van der Waals surface area contributed by atoms with Crippen LogP contribution >= 0.6 is 0 Å². The van der Waals surface area contributed by atoms with Crippen LogP contribution in [0.5, 0.6) is 0 Å². The van der Waals surface area contributed by atoms with Gasteiger partial charge in [-0.1, -0.05) is 0 Å². The summed E-state index contributed by atoms with van der Waals surface area (Å²) in [5, 5.41) is 0. The molecule has 0 rings (SSSR count). The van der Waals surface area contributed by atoms with Gasteiger partial charge in [0.15, 0.2) is 0 Å². The topological polar surface area (TPSA) is 43.4 Å². The lowest BCUT2D eigenvalue weighted by Gasteiger charge is -2.01. The van der Waals surface area contributed by atoms with Crippen LogP contribution in [-0.2, 0) is 14.3 Å². The van der Waals surface area contributed by atoms with Crippen molar-refractivity contribution in [2.45, 2.75) is 12.6 Å². The quantitative estimate of drug-likeness (QED) is 0.334. The molecule has 10 heavy (non-hydrogen) atoms. The number of rotatable bonds is 2. The summed E-state index contributed by atoms with van der Waals surface area (Å²) in [6.45, 7) is -0.339. The zero-order valence-corrected chi connectivity index (χ0v) is 4.64. The predicted molar refractivity (Wildman–Crippen MR) is 22.8 cm³/mol. The maximum atomic E-state index is 11.2. The van der Waals surface area contributed by atoms with Crippen LogP contribution in [0.3, 0.4) is 0 Å². The smallest absolute Gasteiger partial charge is 0.395 e. The minimum atomic E-state index is -4.61. The number of carbonyl (C=O) groups excluding carboxylic acids is 2. The predicted octanol–water partition coefficient (Wildman–Crippen LogP) is 0.638. The highest BCUT2D eigenvalue weighted by Crippen LogP contribution is 2.19. The van der Waals surface area contributed by atoms with E-state index in [1.165, 1.54) is 0 Å². The van der Waals surface area contributed by atoms with E-state index in [1.807, 2.05) is 0 Å². The highest BCUT2D eigenvalue weighted by molar-refractivity contribution is 5.76. The van der Waals surface area contributed by atoms with E-state index in [1.54, 1.807) is 0 Å². The zero-order chi connectivity index (χ0) is 8.20. The molecule has 0 spiro atoms. The molecule has 0 aliphatic heterocycles. The largest absolute Gasteiger partial charge is 0.399 e. The fraction of sp³-hybridized carbons (Fsp3) is 0.500. The Labute approximate surface area is 53.8 Å². The molecule has 0 aromatic carbocycles. The van der Waals surface area contributed by atoms with Gasteiger partial charge in [-0.15, -0.1) is 0 Å². The Balaban J connectivity index is 3.68. The third-order valence-corrected chi connectivity index (χ3v) is 0.524. The molecule has 0 bridgehead atoms. The Bertz CT molecular complexity index is 139. The number of hydrogen-bond acceptors (Lipinski definition) is 3. The Morgan fingerprint density at radius 2 is 2.00 bits per heavy atom. The van der Waals surface area contributed by atoms with Crippen molar-refractivity contribution in [3.8, 4) is 0 Å². The van der Waals surface area contributed by atoms with E-state index in [2.05, 4.69) is 4.74 Å². The van der Waals surface area contributed by atoms with Crippen LogP contribution in [0.1, 0.15) is 6.42 Å². The first-order valence-corrected chi connectivity index (χ1v) is 2.15. The molecule has 3 nitrogen and oxygen atoms in total. The minimum absolute atomic E-state index is 0.339. The molecule has 0 aromatic heterocycles. The molecule has 58 valence electrons. The van der Waals surface area contributed by atoms with Crippen LogP contribution in [0.4, 0.5) is 13.2 Å². The SMILES string of the molecule is O=COC(=O)CC(F)(F)F. The van der Waals surface area contributed by atoms with Crippen LogP contribution in [-0.4, -0.2) is 18.6 Å². The minimum Gasteiger partial charge on any atom is -0.395 e. The molecule has 0 N–H and O–H groups in total. The second-order valence-corrected chi connectivity index (χ2v) is 1.38. The number of alkyl halides is 3. The van der Waals surface area contributed by atoms with Gasteiger partial charge in [0.25, 0.3) is 0 Å². The number of ether oxygens (including phenoxy) is 1. The Morgan fingerprint density at radius 1 is 1.50 bits per heavy atom. The fourth-order valence-corrected chi connectivity index (χ4v) is 0.259.